The van der Waals surface area contributed by atoms with Crippen molar-refractivity contribution < 1.29 is 0 Å². The number of benzene rings is 9. The normalized spacial score (nSPS) is 15.4. The Labute approximate surface area is 405 Å². The van der Waals surface area contributed by atoms with Gasteiger partial charge in [0.1, 0.15) is 0 Å². The highest BCUT2D eigenvalue weighted by atomic mass is 15.1. The number of aryl methyl sites for hydroxylation is 2. The monoisotopic (exact) mass is 887 g/mol. The molecular weight excluding hydrogens is 834 g/mol. The van der Waals surface area contributed by atoms with Crippen LogP contribution in [0.2, 0.25) is 0 Å². The van der Waals surface area contributed by atoms with Crippen molar-refractivity contribution in [2.75, 3.05) is 9.71 Å². The number of para-hydroxylation sites is 4. The van der Waals surface area contributed by atoms with E-state index in [-0.39, 0.29) is 17.7 Å². The molecule has 11 aromatic rings. The van der Waals surface area contributed by atoms with E-state index in [1.54, 1.807) is 0 Å². The Morgan fingerprint density at radius 3 is 1.83 bits per heavy atom. The number of hydrogen-bond donors (Lipinski definition) is 0. The van der Waals surface area contributed by atoms with Crippen LogP contribution in [0.15, 0.2) is 182 Å². The quantitative estimate of drug-likeness (QED) is 0.160. The van der Waals surface area contributed by atoms with Gasteiger partial charge >= 0.3 is 6.85 Å². The first kappa shape index (κ1) is 40.5. The van der Waals surface area contributed by atoms with Gasteiger partial charge in [0, 0.05) is 55.5 Å². The number of fused-ring (bicyclic) bond motifs is 14. The van der Waals surface area contributed by atoms with Crippen molar-refractivity contribution in [2.24, 2.45) is 0 Å². The summed E-state index contributed by atoms with van der Waals surface area (Å²) in [6.07, 6.45) is 3.25. The fourth-order valence-electron chi connectivity index (χ4n) is 13.3. The maximum absolute atomic E-state index is 2.82. The Morgan fingerprint density at radius 2 is 1.10 bits per heavy atom. The van der Waals surface area contributed by atoms with Gasteiger partial charge in [-0.1, -0.05) is 155 Å². The van der Waals surface area contributed by atoms with Crippen LogP contribution in [0.3, 0.4) is 0 Å². The third-order valence-corrected chi connectivity index (χ3v) is 16.7. The average Bonchev–Trinajstić information content (AvgIpc) is 4.03. The fraction of sp³-hybridized carbons (Fsp3) is 0.169. The molecule has 0 N–H and O–H groups in total. The maximum atomic E-state index is 2.82. The molecule has 3 nitrogen and oxygen atoms in total. The summed E-state index contributed by atoms with van der Waals surface area (Å²) in [5.74, 6) is 0. The molecule has 1 aliphatic heterocycles. The van der Waals surface area contributed by atoms with Crippen LogP contribution in [0.5, 0.6) is 0 Å². The van der Waals surface area contributed by atoms with Gasteiger partial charge in [0.15, 0.2) is 0 Å². The molecule has 0 amide bonds. The number of hydrogen-bond acceptors (Lipinski definition) is 2. The average molecular weight is 888 g/mol. The zero-order chi connectivity index (χ0) is 46.5. The van der Waals surface area contributed by atoms with E-state index >= 15 is 0 Å². The first-order chi connectivity index (χ1) is 33.6. The molecule has 69 heavy (non-hydrogen) atoms. The van der Waals surface area contributed by atoms with Crippen LogP contribution in [0, 0.1) is 13.8 Å². The maximum Gasteiger partial charge on any atom is 0.329 e. The topological polar surface area (TPSA) is 10.9 Å². The molecule has 3 heterocycles. The van der Waals surface area contributed by atoms with Gasteiger partial charge in [-0.25, -0.2) is 0 Å². The van der Waals surface area contributed by atoms with Crippen LogP contribution in [0.4, 0.5) is 28.4 Å². The van der Waals surface area contributed by atoms with Crippen LogP contribution in [0.1, 0.15) is 73.9 Å². The minimum absolute atomic E-state index is 0.0303. The van der Waals surface area contributed by atoms with E-state index in [0.717, 1.165) is 29.9 Å². The summed E-state index contributed by atoms with van der Waals surface area (Å²) < 4.78 is 2.55. The van der Waals surface area contributed by atoms with E-state index in [1.807, 2.05) is 0 Å². The predicted molar refractivity (Wildman–Crippen MR) is 294 cm³/mol. The lowest BCUT2D eigenvalue weighted by Crippen LogP contribution is -2.59. The molecule has 0 radical (unpaired) electrons. The van der Waals surface area contributed by atoms with Crippen LogP contribution in [-0.4, -0.2) is 11.2 Å². The second kappa shape index (κ2) is 14.5. The Hall–Kier alpha value is -7.56. The summed E-state index contributed by atoms with van der Waals surface area (Å²) in [6, 6.07) is 69.1. The van der Waals surface area contributed by atoms with Gasteiger partial charge in [0.2, 0.25) is 0 Å². The lowest BCUT2D eigenvalue weighted by molar-refractivity contribution is 0.332. The Morgan fingerprint density at radius 1 is 0.493 bits per heavy atom. The van der Waals surface area contributed by atoms with Gasteiger partial charge < -0.3 is 14.1 Å². The van der Waals surface area contributed by atoms with E-state index < -0.39 is 0 Å². The van der Waals surface area contributed by atoms with Gasteiger partial charge in [-0.3, -0.25) is 0 Å². The molecule has 0 spiro atoms. The standard InChI is InChI=1S/C65H54BN3/c1-40-35-53-54(65(5,6)33-32-64(53,3)4)39-58(40)69-59-38-51-48-26-15-17-30-56(48)68-57-31-18-16-27-49(57)61(63(51)68)60(59)52-37-45(67(43-21-9-7-10-22-43)44-23-11-8-12-24-44)34-41(2)62(52)66(69)55-29-19-28-47-46-25-14-13-20-42(46)36-50(47)55/h7-31,34-35,37-39H,32-33,36H2,1-6H3. The van der Waals surface area contributed by atoms with E-state index in [4.69, 9.17) is 0 Å². The lowest BCUT2D eigenvalue weighted by atomic mass is 9.43. The van der Waals surface area contributed by atoms with Gasteiger partial charge in [0.25, 0.3) is 0 Å². The first-order valence-corrected chi connectivity index (χ1v) is 25.0. The zero-order valence-electron chi connectivity index (χ0n) is 40.4. The lowest BCUT2D eigenvalue weighted by Gasteiger charge is -2.45. The molecule has 332 valence electrons. The summed E-state index contributed by atoms with van der Waals surface area (Å²) in [5.41, 5.74) is 26.4. The van der Waals surface area contributed by atoms with Crippen molar-refractivity contribution in [2.45, 2.75) is 71.6 Å². The fourth-order valence-corrected chi connectivity index (χ4v) is 13.3. The molecule has 3 aliphatic rings. The van der Waals surface area contributed by atoms with Gasteiger partial charge in [0.05, 0.1) is 16.6 Å². The molecule has 0 fully saturated rings. The van der Waals surface area contributed by atoms with Crippen molar-refractivity contribution >= 4 is 84.3 Å². The van der Waals surface area contributed by atoms with Crippen LogP contribution in [0.25, 0.3) is 60.3 Å². The van der Waals surface area contributed by atoms with Crippen molar-refractivity contribution in [3.8, 4) is 22.3 Å². The molecule has 14 rings (SSSR count). The SMILES string of the molecule is Cc1cc2c(cc1N1B(c3cccc4c3Cc3ccccc3-4)c3c(C)cc(N(c4ccccc4)c4ccccc4)cc3-c3c1cc1c4ccccc4n4c5ccccc5c3c14)C(C)(C)CCC2(C)C. The molecule has 0 atom stereocenters. The van der Waals surface area contributed by atoms with Crippen LogP contribution >= 0.6 is 0 Å². The molecule has 0 saturated heterocycles. The Balaban J connectivity index is 1.17. The second-order valence-electron chi connectivity index (χ2n) is 21.6. The third-order valence-electron chi connectivity index (χ3n) is 16.7. The van der Waals surface area contributed by atoms with Crippen molar-refractivity contribution in [1.29, 1.82) is 0 Å². The second-order valence-corrected chi connectivity index (χ2v) is 21.6. The molecule has 4 heteroatoms. The van der Waals surface area contributed by atoms with Crippen LogP contribution < -0.4 is 20.6 Å². The summed E-state index contributed by atoms with van der Waals surface area (Å²) in [7, 11) is 0. The molecule has 2 aliphatic carbocycles. The number of anilines is 5. The van der Waals surface area contributed by atoms with Crippen LogP contribution in [-0.2, 0) is 17.3 Å². The molecule has 0 bridgehead atoms. The summed E-state index contributed by atoms with van der Waals surface area (Å²) in [4.78, 5) is 5.27. The minimum atomic E-state index is -0.126. The Kier molecular flexibility index (Phi) is 8.50. The highest BCUT2D eigenvalue weighted by molar-refractivity contribution is 6.91. The molecule has 9 aromatic carbocycles. The van der Waals surface area contributed by atoms with E-state index in [2.05, 4.69) is 238 Å². The number of aromatic nitrogens is 1. The first-order valence-electron chi connectivity index (χ1n) is 25.0. The summed E-state index contributed by atoms with van der Waals surface area (Å²) in [5, 5.41) is 5.20. The van der Waals surface area contributed by atoms with Crippen molar-refractivity contribution in [3.63, 3.8) is 0 Å². The van der Waals surface area contributed by atoms with E-state index in [0.29, 0.717) is 0 Å². The smallest absolute Gasteiger partial charge is 0.329 e. The molecule has 0 saturated carbocycles. The Bertz CT molecular complexity index is 3880. The summed E-state index contributed by atoms with van der Waals surface area (Å²) >= 11 is 0. The minimum Gasteiger partial charge on any atom is -0.376 e. The molecule has 2 aromatic heterocycles. The largest absolute Gasteiger partial charge is 0.376 e. The predicted octanol–water partition coefficient (Wildman–Crippen LogP) is 15.8. The highest BCUT2D eigenvalue weighted by Gasteiger charge is 2.45. The third kappa shape index (κ3) is 5.69. The summed E-state index contributed by atoms with van der Waals surface area (Å²) in [6.45, 7) is 14.5. The van der Waals surface area contributed by atoms with Crippen molar-refractivity contribution in [3.05, 3.63) is 215 Å². The number of rotatable bonds is 5. The van der Waals surface area contributed by atoms with E-state index in [1.165, 1.54) is 122 Å². The highest BCUT2D eigenvalue weighted by Crippen LogP contribution is 2.55. The van der Waals surface area contributed by atoms with Gasteiger partial charge in [-0.2, -0.15) is 0 Å². The zero-order valence-corrected chi connectivity index (χ0v) is 40.4. The van der Waals surface area contributed by atoms with Crippen molar-refractivity contribution in [1.82, 2.24) is 4.40 Å². The van der Waals surface area contributed by atoms with E-state index in [9.17, 15) is 0 Å². The van der Waals surface area contributed by atoms with Gasteiger partial charge in [-0.15, -0.1) is 0 Å². The molecular formula is C65H54BN3. The molecule has 0 unspecified atom stereocenters. The van der Waals surface area contributed by atoms with Gasteiger partial charge in [-0.05, 0) is 160 Å². The number of nitrogens with zero attached hydrogens (tertiary/aromatic N) is 3.